The molecular formula is C11H13NO3. The van der Waals surface area contributed by atoms with Crippen LogP contribution >= 0.6 is 0 Å². The number of nitro groups is 1. The number of hydrogen-bond acceptors (Lipinski definition) is 3. The van der Waals surface area contributed by atoms with Gasteiger partial charge in [0.15, 0.2) is 0 Å². The first-order valence-corrected chi connectivity index (χ1v) is 4.76. The van der Waals surface area contributed by atoms with E-state index in [4.69, 9.17) is 5.11 Å². The molecule has 0 aliphatic rings. The van der Waals surface area contributed by atoms with Gasteiger partial charge in [-0.25, -0.2) is 0 Å². The highest BCUT2D eigenvalue weighted by atomic mass is 16.6. The molecule has 0 saturated heterocycles. The molecule has 0 bridgehead atoms. The maximum Gasteiger partial charge on any atom is 0.269 e. The molecule has 80 valence electrons. The van der Waals surface area contributed by atoms with Crippen molar-refractivity contribution in [1.29, 1.82) is 0 Å². The van der Waals surface area contributed by atoms with E-state index in [0.717, 1.165) is 18.4 Å². The standard InChI is InChI=1S/C11H13NO3/c13-9-3-1-2-4-10-5-7-11(8-6-10)12(14)15/h2,4-8,13H,1,3,9H2. The molecule has 1 N–H and O–H groups in total. The number of nitrogens with zero attached hydrogens (tertiary/aromatic N) is 1. The zero-order valence-electron chi connectivity index (χ0n) is 8.30. The number of rotatable bonds is 5. The Morgan fingerprint density at radius 1 is 1.33 bits per heavy atom. The smallest absolute Gasteiger partial charge is 0.269 e. The van der Waals surface area contributed by atoms with Crippen LogP contribution in [0, 0.1) is 10.1 Å². The Balaban J connectivity index is 2.56. The van der Waals surface area contributed by atoms with Gasteiger partial charge in [0.1, 0.15) is 0 Å². The lowest BCUT2D eigenvalue weighted by Gasteiger charge is -1.93. The third kappa shape index (κ3) is 3.91. The third-order valence-corrected chi connectivity index (χ3v) is 1.94. The van der Waals surface area contributed by atoms with Crippen LogP contribution in [-0.2, 0) is 0 Å². The second kappa shape index (κ2) is 5.93. The minimum absolute atomic E-state index is 0.0995. The molecular weight excluding hydrogens is 194 g/mol. The molecule has 0 saturated carbocycles. The fourth-order valence-electron chi connectivity index (χ4n) is 1.14. The molecule has 1 aromatic carbocycles. The van der Waals surface area contributed by atoms with Crippen molar-refractivity contribution in [2.24, 2.45) is 0 Å². The van der Waals surface area contributed by atoms with Gasteiger partial charge in [-0.05, 0) is 30.5 Å². The van der Waals surface area contributed by atoms with Crippen molar-refractivity contribution >= 4 is 11.8 Å². The van der Waals surface area contributed by atoms with Crippen molar-refractivity contribution in [3.63, 3.8) is 0 Å². The van der Waals surface area contributed by atoms with E-state index in [2.05, 4.69) is 0 Å². The van der Waals surface area contributed by atoms with E-state index in [1.54, 1.807) is 12.1 Å². The van der Waals surface area contributed by atoms with Gasteiger partial charge < -0.3 is 5.11 Å². The Kier molecular flexibility index (Phi) is 4.50. The van der Waals surface area contributed by atoms with Crippen molar-refractivity contribution in [2.45, 2.75) is 12.8 Å². The molecule has 1 aromatic rings. The first-order valence-electron chi connectivity index (χ1n) is 4.76. The third-order valence-electron chi connectivity index (χ3n) is 1.94. The van der Waals surface area contributed by atoms with Gasteiger partial charge in [-0.15, -0.1) is 0 Å². The highest BCUT2D eigenvalue weighted by molar-refractivity contribution is 5.51. The fourth-order valence-corrected chi connectivity index (χ4v) is 1.14. The van der Waals surface area contributed by atoms with E-state index in [9.17, 15) is 10.1 Å². The normalized spacial score (nSPS) is 10.7. The van der Waals surface area contributed by atoms with Gasteiger partial charge in [0.25, 0.3) is 5.69 Å². The number of nitro benzene ring substituents is 1. The van der Waals surface area contributed by atoms with Crippen LogP contribution < -0.4 is 0 Å². The van der Waals surface area contributed by atoms with Gasteiger partial charge in [-0.1, -0.05) is 12.2 Å². The predicted octanol–water partition coefficient (Wildman–Crippen LogP) is 2.38. The summed E-state index contributed by atoms with van der Waals surface area (Å²) in [5.74, 6) is 0. The summed E-state index contributed by atoms with van der Waals surface area (Å²) in [6.07, 6.45) is 5.38. The molecule has 0 amide bonds. The fraction of sp³-hybridized carbons (Fsp3) is 0.273. The first-order chi connectivity index (χ1) is 7.24. The van der Waals surface area contributed by atoms with Gasteiger partial charge in [-0.3, -0.25) is 10.1 Å². The molecule has 0 heterocycles. The Morgan fingerprint density at radius 3 is 2.53 bits per heavy atom. The van der Waals surface area contributed by atoms with Crippen molar-refractivity contribution < 1.29 is 10.0 Å². The van der Waals surface area contributed by atoms with Crippen LogP contribution in [-0.4, -0.2) is 16.6 Å². The molecule has 0 aromatic heterocycles. The van der Waals surface area contributed by atoms with Crippen LogP contribution in [0.1, 0.15) is 18.4 Å². The van der Waals surface area contributed by atoms with Crippen molar-refractivity contribution in [3.05, 3.63) is 46.0 Å². The van der Waals surface area contributed by atoms with Gasteiger partial charge in [0.2, 0.25) is 0 Å². The lowest BCUT2D eigenvalue weighted by atomic mass is 10.2. The zero-order valence-corrected chi connectivity index (χ0v) is 8.30. The van der Waals surface area contributed by atoms with E-state index < -0.39 is 4.92 Å². The molecule has 0 unspecified atom stereocenters. The Labute approximate surface area is 88.0 Å². The molecule has 0 atom stereocenters. The molecule has 4 nitrogen and oxygen atoms in total. The molecule has 4 heteroatoms. The second-order valence-corrected chi connectivity index (χ2v) is 3.12. The summed E-state index contributed by atoms with van der Waals surface area (Å²) < 4.78 is 0. The number of hydrogen-bond donors (Lipinski definition) is 1. The van der Waals surface area contributed by atoms with Gasteiger partial charge in [0, 0.05) is 18.7 Å². The number of aliphatic hydroxyl groups excluding tert-OH is 1. The minimum atomic E-state index is -0.417. The second-order valence-electron chi connectivity index (χ2n) is 3.12. The van der Waals surface area contributed by atoms with Gasteiger partial charge in [0.05, 0.1) is 4.92 Å². The first kappa shape index (κ1) is 11.4. The van der Waals surface area contributed by atoms with Crippen LogP contribution in [0.2, 0.25) is 0 Å². The lowest BCUT2D eigenvalue weighted by Crippen LogP contribution is -1.86. The lowest BCUT2D eigenvalue weighted by molar-refractivity contribution is -0.384. The zero-order chi connectivity index (χ0) is 11.1. The number of unbranched alkanes of at least 4 members (excludes halogenated alkanes) is 1. The van der Waals surface area contributed by atoms with E-state index >= 15 is 0 Å². The minimum Gasteiger partial charge on any atom is -0.396 e. The maximum absolute atomic E-state index is 10.4. The Morgan fingerprint density at radius 2 is 2.00 bits per heavy atom. The quantitative estimate of drug-likeness (QED) is 0.458. The van der Waals surface area contributed by atoms with Crippen LogP contribution in [0.4, 0.5) is 5.69 Å². The molecule has 15 heavy (non-hydrogen) atoms. The van der Waals surface area contributed by atoms with Crippen molar-refractivity contribution in [1.82, 2.24) is 0 Å². The average molecular weight is 207 g/mol. The summed E-state index contributed by atoms with van der Waals surface area (Å²) >= 11 is 0. The van der Waals surface area contributed by atoms with Crippen LogP contribution in [0.15, 0.2) is 30.3 Å². The predicted molar refractivity (Wildman–Crippen MR) is 58.5 cm³/mol. The van der Waals surface area contributed by atoms with Crippen LogP contribution in [0.25, 0.3) is 6.08 Å². The molecule has 0 fully saturated rings. The summed E-state index contributed by atoms with van der Waals surface area (Å²) in [5, 5.41) is 18.9. The number of non-ortho nitro benzene ring substituents is 1. The molecule has 0 spiro atoms. The number of allylic oxidation sites excluding steroid dienone is 1. The average Bonchev–Trinajstić information content (AvgIpc) is 2.25. The van der Waals surface area contributed by atoms with E-state index in [1.807, 2.05) is 12.2 Å². The number of benzene rings is 1. The highest BCUT2D eigenvalue weighted by Crippen LogP contribution is 2.13. The maximum atomic E-state index is 10.4. The summed E-state index contributed by atoms with van der Waals surface area (Å²) in [6, 6.07) is 6.36. The van der Waals surface area contributed by atoms with E-state index in [-0.39, 0.29) is 12.3 Å². The van der Waals surface area contributed by atoms with Gasteiger partial charge >= 0.3 is 0 Å². The molecule has 0 aliphatic heterocycles. The summed E-state index contributed by atoms with van der Waals surface area (Å²) in [7, 11) is 0. The molecule has 1 rings (SSSR count). The van der Waals surface area contributed by atoms with Crippen LogP contribution in [0.5, 0.6) is 0 Å². The largest absolute Gasteiger partial charge is 0.396 e. The molecule has 0 aliphatic carbocycles. The van der Waals surface area contributed by atoms with E-state index in [1.165, 1.54) is 12.1 Å². The van der Waals surface area contributed by atoms with Crippen molar-refractivity contribution in [3.8, 4) is 0 Å². The monoisotopic (exact) mass is 207 g/mol. The topological polar surface area (TPSA) is 63.4 Å². The van der Waals surface area contributed by atoms with Crippen LogP contribution in [0.3, 0.4) is 0 Å². The van der Waals surface area contributed by atoms with E-state index in [0.29, 0.717) is 0 Å². The Bertz CT molecular complexity index is 343. The SMILES string of the molecule is O=[N+]([O-])c1ccc(C=CCCCO)cc1. The summed E-state index contributed by atoms with van der Waals surface area (Å²) in [6.45, 7) is 0.185. The Hall–Kier alpha value is -1.68. The molecule has 0 radical (unpaired) electrons. The summed E-state index contributed by atoms with van der Waals surface area (Å²) in [4.78, 5) is 9.95. The number of aliphatic hydroxyl groups is 1. The highest BCUT2D eigenvalue weighted by Gasteiger charge is 2.01. The summed E-state index contributed by atoms with van der Waals surface area (Å²) in [5.41, 5.74) is 1.03. The van der Waals surface area contributed by atoms with Gasteiger partial charge in [-0.2, -0.15) is 0 Å². The van der Waals surface area contributed by atoms with Crippen molar-refractivity contribution in [2.75, 3.05) is 6.61 Å².